The van der Waals surface area contributed by atoms with Crippen molar-refractivity contribution >= 4 is 16.6 Å². The van der Waals surface area contributed by atoms with Crippen LogP contribution >= 0.6 is 0 Å². The molecule has 0 spiro atoms. The predicted molar refractivity (Wildman–Crippen MR) is 98.8 cm³/mol. The van der Waals surface area contributed by atoms with Gasteiger partial charge in [-0.25, -0.2) is 4.98 Å². The first-order valence-electron chi connectivity index (χ1n) is 7.90. The molecule has 0 amide bonds. The molecule has 1 N–H and O–H groups in total. The molecule has 1 unspecified atom stereocenters. The van der Waals surface area contributed by atoms with Crippen LogP contribution < -0.4 is 10.1 Å². The molecule has 0 aliphatic carbocycles. The van der Waals surface area contributed by atoms with Gasteiger partial charge in [-0.05, 0) is 31.5 Å². The van der Waals surface area contributed by atoms with Crippen molar-refractivity contribution in [3.8, 4) is 5.88 Å². The highest BCUT2D eigenvalue weighted by Gasteiger charge is 2.30. The standard InChI is InChI=1S/C18H17F3N4O.CH4/c1-10(12-5-4-6-13(7-12)18(19,20)21)23-17-15-9-22-16(26-3)8-14(15)11(2)24-25-17;/h4-10H,1-3H3,(H,23,25);1H4. The van der Waals surface area contributed by atoms with Crippen molar-refractivity contribution in [2.75, 3.05) is 12.4 Å². The summed E-state index contributed by atoms with van der Waals surface area (Å²) in [6, 6.07) is 6.55. The summed E-state index contributed by atoms with van der Waals surface area (Å²) in [5.74, 6) is 0.899. The van der Waals surface area contributed by atoms with Crippen molar-refractivity contribution in [1.29, 1.82) is 0 Å². The number of nitrogens with one attached hydrogen (secondary N) is 1. The third kappa shape index (κ3) is 4.27. The highest BCUT2D eigenvalue weighted by atomic mass is 19.4. The minimum absolute atomic E-state index is 0. The maximum absolute atomic E-state index is 12.9. The lowest BCUT2D eigenvalue weighted by Crippen LogP contribution is -2.12. The van der Waals surface area contributed by atoms with E-state index in [2.05, 4.69) is 20.5 Å². The highest BCUT2D eigenvalue weighted by molar-refractivity contribution is 5.93. The summed E-state index contributed by atoms with van der Waals surface area (Å²) in [5.41, 5.74) is 0.518. The van der Waals surface area contributed by atoms with Gasteiger partial charge in [0, 0.05) is 23.0 Å². The van der Waals surface area contributed by atoms with Crippen LogP contribution in [-0.4, -0.2) is 22.3 Å². The van der Waals surface area contributed by atoms with Crippen molar-refractivity contribution < 1.29 is 17.9 Å². The number of benzene rings is 1. The normalized spacial score (nSPS) is 12.4. The Bertz CT molecular complexity index is 944. The van der Waals surface area contributed by atoms with Crippen LogP contribution in [0.15, 0.2) is 36.5 Å². The number of hydrogen-bond acceptors (Lipinski definition) is 5. The Balaban J connectivity index is 0.00000261. The second-order valence-corrected chi connectivity index (χ2v) is 5.90. The molecule has 5 nitrogen and oxygen atoms in total. The SMILES string of the molecule is C.COc1cc2c(C)nnc(NC(C)c3cccc(C(F)(F)F)c3)c2cn1. The Labute approximate surface area is 155 Å². The van der Waals surface area contributed by atoms with Gasteiger partial charge in [-0.1, -0.05) is 19.6 Å². The molecule has 3 rings (SSSR count). The van der Waals surface area contributed by atoms with E-state index in [4.69, 9.17) is 4.74 Å². The largest absolute Gasteiger partial charge is 0.481 e. The van der Waals surface area contributed by atoms with Gasteiger partial charge in [0.05, 0.1) is 24.4 Å². The molecule has 0 saturated heterocycles. The fourth-order valence-electron chi connectivity index (χ4n) is 2.65. The number of aromatic nitrogens is 3. The van der Waals surface area contributed by atoms with Gasteiger partial charge in [0.2, 0.25) is 5.88 Å². The molecule has 0 radical (unpaired) electrons. The van der Waals surface area contributed by atoms with E-state index < -0.39 is 17.8 Å². The average molecular weight is 378 g/mol. The first-order chi connectivity index (χ1) is 12.3. The number of anilines is 1. The van der Waals surface area contributed by atoms with Crippen LogP contribution in [0.2, 0.25) is 0 Å². The second-order valence-electron chi connectivity index (χ2n) is 5.90. The fourth-order valence-corrected chi connectivity index (χ4v) is 2.65. The number of ether oxygens (including phenoxy) is 1. The van der Waals surface area contributed by atoms with Crippen molar-refractivity contribution in [3.05, 3.63) is 53.3 Å². The Morgan fingerprint density at radius 2 is 1.85 bits per heavy atom. The van der Waals surface area contributed by atoms with E-state index in [-0.39, 0.29) is 7.43 Å². The summed E-state index contributed by atoms with van der Waals surface area (Å²) in [6.45, 7) is 3.58. The smallest absolute Gasteiger partial charge is 0.416 e. The summed E-state index contributed by atoms with van der Waals surface area (Å²) >= 11 is 0. The quantitative estimate of drug-likeness (QED) is 0.679. The van der Waals surface area contributed by atoms with Crippen molar-refractivity contribution in [2.24, 2.45) is 0 Å². The predicted octanol–water partition coefficient (Wildman–Crippen LogP) is 5.17. The molecule has 1 atom stereocenters. The highest BCUT2D eigenvalue weighted by Crippen LogP contribution is 2.32. The second kappa shape index (κ2) is 7.77. The number of hydrogen-bond donors (Lipinski definition) is 1. The lowest BCUT2D eigenvalue weighted by Gasteiger charge is -2.18. The molecule has 3 aromatic rings. The topological polar surface area (TPSA) is 59.9 Å². The van der Waals surface area contributed by atoms with Crippen LogP contribution in [0.4, 0.5) is 19.0 Å². The van der Waals surface area contributed by atoms with Crippen LogP contribution in [0, 0.1) is 6.92 Å². The summed E-state index contributed by atoms with van der Waals surface area (Å²) in [4.78, 5) is 4.17. The van der Waals surface area contributed by atoms with E-state index in [1.807, 2.05) is 6.92 Å². The molecule has 1 aromatic carbocycles. The summed E-state index contributed by atoms with van der Waals surface area (Å²) in [5, 5.41) is 12.9. The van der Waals surface area contributed by atoms with Crippen LogP contribution in [-0.2, 0) is 6.18 Å². The zero-order valence-corrected chi connectivity index (χ0v) is 14.4. The van der Waals surface area contributed by atoms with Gasteiger partial charge in [-0.3, -0.25) is 0 Å². The lowest BCUT2D eigenvalue weighted by atomic mass is 10.0. The van der Waals surface area contributed by atoms with Gasteiger partial charge >= 0.3 is 6.18 Å². The molecule has 0 aliphatic rings. The van der Waals surface area contributed by atoms with Gasteiger partial charge in [0.15, 0.2) is 5.82 Å². The van der Waals surface area contributed by atoms with Gasteiger partial charge in [0.25, 0.3) is 0 Å². The van der Waals surface area contributed by atoms with E-state index in [1.165, 1.54) is 13.2 Å². The van der Waals surface area contributed by atoms with Crippen LogP contribution in [0.3, 0.4) is 0 Å². The van der Waals surface area contributed by atoms with Crippen LogP contribution in [0.1, 0.15) is 37.2 Å². The molecule has 0 bridgehead atoms. The zero-order valence-electron chi connectivity index (χ0n) is 14.4. The molecule has 27 heavy (non-hydrogen) atoms. The Morgan fingerprint density at radius 3 is 2.52 bits per heavy atom. The van der Waals surface area contributed by atoms with Crippen LogP contribution in [0.5, 0.6) is 5.88 Å². The molecule has 0 aliphatic heterocycles. The Morgan fingerprint density at radius 1 is 1.11 bits per heavy atom. The van der Waals surface area contributed by atoms with Gasteiger partial charge in [-0.2, -0.15) is 18.3 Å². The molecule has 0 fully saturated rings. The van der Waals surface area contributed by atoms with Crippen molar-refractivity contribution in [1.82, 2.24) is 15.2 Å². The summed E-state index contributed by atoms with van der Waals surface area (Å²) in [7, 11) is 1.52. The van der Waals surface area contributed by atoms with Crippen molar-refractivity contribution in [2.45, 2.75) is 33.5 Å². The van der Waals surface area contributed by atoms with E-state index in [1.54, 1.807) is 25.3 Å². The zero-order chi connectivity index (χ0) is 18.9. The molecule has 8 heteroatoms. The Hall–Kier alpha value is -2.90. The number of alkyl halides is 3. The maximum Gasteiger partial charge on any atom is 0.416 e. The number of fused-ring (bicyclic) bond motifs is 1. The number of pyridine rings is 1. The number of rotatable bonds is 4. The van der Waals surface area contributed by atoms with E-state index >= 15 is 0 Å². The monoisotopic (exact) mass is 378 g/mol. The molecule has 0 saturated carbocycles. The molecule has 144 valence electrons. The van der Waals surface area contributed by atoms with E-state index in [0.717, 1.165) is 22.9 Å². The third-order valence-corrected chi connectivity index (χ3v) is 4.10. The maximum atomic E-state index is 12.9. The average Bonchev–Trinajstić information content (AvgIpc) is 2.63. The first kappa shape index (κ1) is 20.4. The third-order valence-electron chi connectivity index (χ3n) is 4.10. The van der Waals surface area contributed by atoms with E-state index in [9.17, 15) is 13.2 Å². The minimum atomic E-state index is -4.38. The van der Waals surface area contributed by atoms with Gasteiger partial charge in [0.1, 0.15) is 0 Å². The summed E-state index contributed by atoms with van der Waals surface area (Å²) < 4.78 is 43.9. The van der Waals surface area contributed by atoms with Gasteiger partial charge < -0.3 is 10.1 Å². The van der Waals surface area contributed by atoms with Crippen molar-refractivity contribution in [3.63, 3.8) is 0 Å². The fraction of sp³-hybridized carbons (Fsp3) is 0.316. The molecule has 2 heterocycles. The molecule has 2 aromatic heterocycles. The number of methoxy groups -OCH3 is 1. The lowest BCUT2D eigenvalue weighted by molar-refractivity contribution is -0.137. The van der Waals surface area contributed by atoms with Crippen LogP contribution in [0.25, 0.3) is 10.8 Å². The van der Waals surface area contributed by atoms with E-state index in [0.29, 0.717) is 23.0 Å². The molecular weight excluding hydrogens is 357 g/mol. The number of nitrogens with zero attached hydrogens (tertiary/aromatic N) is 3. The number of aryl methyl sites for hydroxylation is 1. The molecular formula is C19H21F3N4O. The number of halogens is 3. The minimum Gasteiger partial charge on any atom is -0.481 e. The Kier molecular flexibility index (Phi) is 5.88. The first-order valence-corrected chi connectivity index (χ1v) is 7.90. The van der Waals surface area contributed by atoms with Gasteiger partial charge in [-0.15, -0.1) is 5.10 Å². The summed E-state index contributed by atoms with van der Waals surface area (Å²) in [6.07, 6.45) is -2.77.